The van der Waals surface area contributed by atoms with Crippen LogP contribution in [-0.2, 0) is 4.74 Å². The van der Waals surface area contributed by atoms with E-state index < -0.39 is 0 Å². The third-order valence-electron chi connectivity index (χ3n) is 2.79. The van der Waals surface area contributed by atoms with Crippen molar-refractivity contribution in [1.29, 1.82) is 0 Å². The maximum atomic E-state index is 12.0. The molecule has 18 heavy (non-hydrogen) atoms. The molecular weight excluding hydrogens is 246 g/mol. The number of aryl methyl sites for hydroxylation is 1. The number of thioether (sulfide) groups is 1. The number of hydrogen-bond donors (Lipinski definition) is 0. The minimum Gasteiger partial charge on any atom is -0.462 e. The number of rotatable bonds is 3. The lowest BCUT2D eigenvalue weighted by Gasteiger charge is -2.12. The Morgan fingerprint density at radius 3 is 2.78 bits per heavy atom. The lowest BCUT2D eigenvalue weighted by molar-refractivity contribution is 0.0521. The molecule has 0 spiro atoms. The number of esters is 1. The van der Waals surface area contributed by atoms with Gasteiger partial charge in [-0.1, -0.05) is 18.2 Å². The molecule has 94 valence electrons. The molecule has 0 unspecified atom stereocenters. The number of hydrogen-bond acceptors (Lipinski definition) is 4. The van der Waals surface area contributed by atoms with Crippen molar-refractivity contribution in [2.75, 3.05) is 12.9 Å². The van der Waals surface area contributed by atoms with Crippen LogP contribution in [0.15, 0.2) is 29.3 Å². The summed E-state index contributed by atoms with van der Waals surface area (Å²) in [4.78, 5) is 16.5. The summed E-state index contributed by atoms with van der Waals surface area (Å²) in [6.45, 7) is 4.12. The number of fused-ring (bicyclic) bond motifs is 1. The van der Waals surface area contributed by atoms with Gasteiger partial charge >= 0.3 is 5.97 Å². The Kier molecular flexibility index (Phi) is 3.87. The maximum absolute atomic E-state index is 12.0. The Hall–Kier alpha value is -1.55. The van der Waals surface area contributed by atoms with E-state index in [9.17, 15) is 4.79 Å². The van der Waals surface area contributed by atoms with Crippen molar-refractivity contribution in [2.45, 2.75) is 18.9 Å². The van der Waals surface area contributed by atoms with E-state index in [1.165, 1.54) is 11.8 Å². The molecule has 0 aliphatic carbocycles. The topological polar surface area (TPSA) is 39.2 Å². The first-order valence-electron chi connectivity index (χ1n) is 5.79. The van der Waals surface area contributed by atoms with Gasteiger partial charge in [-0.15, -0.1) is 11.8 Å². The number of para-hydroxylation sites is 1. The summed E-state index contributed by atoms with van der Waals surface area (Å²) in [5, 5.41) is 1.73. The molecule has 0 atom stereocenters. The van der Waals surface area contributed by atoms with E-state index in [-0.39, 0.29) is 5.97 Å². The molecule has 0 radical (unpaired) electrons. The summed E-state index contributed by atoms with van der Waals surface area (Å²) in [7, 11) is 0. The highest BCUT2D eigenvalue weighted by Crippen LogP contribution is 2.28. The highest BCUT2D eigenvalue weighted by molar-refractivity contribution is 7.98. The van der Waals surface area contributed by atoms with E-state index >= 15 is 0 Å². The number of carbonyl (C=O) groups excluding carboxylic acids is 1. The molecule has 0 fully saturated rings. The average molecular weight is 261 g/mol. The second-order valence-electron chi connectivity index (χ2n) is 3.86. The minimum absolute atomic E-state index is 0.294. The van der Waals surface area contributed by atoms with Crippen LogP contribution < -0.4 is 0 Å². The standard InChI is InChI=1S/C14H15NO2S/c1-4-17-14(16)12-9(2)10-7-5-6-8-11(10)15-13(12)18-3/h5-8H,4H2,1-3H3. The highest BCUT2D eigenvalue weighted by Gasteiger charge is 2.19. The monoisotopic (exact) mass is 261 g/mol. The molecule has 0 aliphatic rings. The number of nitrogens with zero attached hydrogens (tertiary/aromatic N) is 1. The molecule has 2 aromatic rings. The molecular formula is C14H15NO2S. The third kappa shape index (κ3) is 2.20. The second kappa shape index (κ2) is 5.40. The van der Waals surface area contributed by atoms with Gasteiger partial charge in [0.2, 0.25) is 0 Å². The van der Waals surface area contributed by atoms with Gasteiger partial charge in [-0.2, -0.15) is 0 Å². The van der Waals surface area contributed by atoms with Gasteiger partial charge in [0, 0.05) is 5.39 Å². The first-order valence-corrected chi connectivity index (χ1v) is 7.02. The van der Waals surface area contributed by atoms with Crippen LogP contribution in [0.2, 0.25) is 0 Å². The van der Waals surface area contributed by atoms with Crippen molar-refractivity contribution >= 4 is 28.6 Å². The SMILES string of the molecule is CCOC(=O)c1c(SC)nc2ccccc2c1C. The van der Waals surface area contributed by atoms with Crippen LogP contribution in [-0.4, -0.2) is 23.8 Å². The third-order valence-corrected chi connectivity index (χ3v) is 3.47. The molecule has 1 aromatic heterocycles. The Balaban J connectivity index is 2.70. The average Bonchev–Trinajstić information content (AvgIpc) is 2.38. The van der Waals surface area contributed by atoms with Crippen molar-refractivity contribution in [1.82, 2.24) is 4.98 Å². The van der Waals surface area contributed by atoms with Gasteiger partial charge in [-0.05, 0) is 31.7 Å². The summed E-state index contributed by atoms with van der Waals surface area (Å²) in [6.07, 6.45) is 1.92. The van der Waals surface area contributed by atoms with E-state index in [2.05, 4.69) is 4.98 Å². The first kappa shape index (κ1) is 12.9. The van der Waals surface area contributed by atoms with Crippen LogP contribution in [0.3, 0.4) is 0 Å². The van der Waals surface area contributed by atoms with Gasteiger partial charge < -0.3 is 4.74 Å². The quantitative estimate of drug-likeness (QED) is 0.626. The lowest BCUT2D eigenvalue weighted by atomic mass is 10.1. The van der Waals surface area contributed by atoms with Gasteiger partial charge in [-0.25, -0.2) is 9.78 Å². The van der Waals surface area contributed by atoms with E-state index in [0.29, 0.717) is 12.2 Å². The van der Waals surface area contributed by atoms with Crippen molar-refractivity contribution in [3.8, 4) is 0 Å². The molecule has 0 aliphatic heterocycles. The summed E-state index contributed by atoms with van der Waals surface area (Å²) in [5.74, 6) is -0.294. The number of carbonyl (C=O) groups is 1. The zero-order valence-corrected chi connectivity index (χ0v) is 11.5. The summed E-state index contributed by atoms with van der Waals surface area (Å²) < 4.78 is 5.11. The van der Waals surface area contributed by atoms with Crippen molar-refractivity contribution in [2.24, 2.45) is 0 Å². The zero-order valence-electron chi connectivity index (χ0n) is 10.7. The minimum atomic E-state index is -0.294. The van der Waals surface area contributed by atoms with Crippen molar-refractivity contribution in [3.05, 3.63) is 35.4 Å². The van der Waals surface area contributed by atoms with Crippen LogP contribution >= 0.6 is 11.8 Å². The Labute approximate surface area is 111 Å². The zero-order chi connectivity index (χ0) is 13.1. The van der Waals surface area contributed by atoms with E-state index in [4.69, 9.17) is 4.74 Å². The lowest BCUT2D eigenvalue weighted by Crippen LogP contribution is -2.10. The van der Waals surface area contributed by atoms with Crippen LogP contribution in [0.5, 0.6) is 0 Å². The largest absolute Gasteiger partial charge is 0.462 e. The number of pyridine rings is 1. The highest BCUT2D eigenvalue weighted by atomic mass is 32.2. The van der Waals surface area contributed by atoms with Crippen molar-refractivity contribution < 1.29 is 9.53 Å². The molecule has 1 aromatic carbocycles. The van der Waals surface area contributed by atoms with Crippen LogP contribution in [0, 0.1) is 6.92 Å². The smallest absolute Gasteiger partial charge is 0.341 e. The molecule has 0 saturated heterocycles. The maximum Gasteiger partial charge on any atom is 0.341 e. The number of benzene rings is 1. The normalized spacial score (nSPS) is 10.6. The van der Waals surface area contributed by atoms with E-state index in [0.717, 1.165) is 21.5 Å². The first-order chi connectivity index (χ1) is 8.69. The molecule has 2 rings (SSSR count). The molecule has 1 heterocycles. The van der Waals surface area contributed by atoms with Crippen LogP contribution in [0.1, 0.15) is 22.8 Å². The number of aromatic nitrogens is 1. The second-order valence-corrected chi connectivity index (χ2v) is 4.65. The molecule has 4 heteroatoms. The summed E-state index contributed by atoms with van der Waals surface area (Å²) >= 11 is 1.47. The Morgan fingerprint density at radius 1 is 1.39 bits per heavy atom. The summed E-state index contributed by atoms with van der Waals surface area (Å²) in [6, 6.07) is 7.83. The van der Waals surface area contributed by atoms with Crippen LogP contribution in [0.4, 0.5) is 0 Å². The van der Waals surface area contributed by atoms with Gasteiger partial charge in [0.05, 0.1) is 17.7 Å². The van der Waals surface area contributed by atoms with E-state index in [1.807, 2.05) is 37.4 Å². The predicted octanol–water partition coefficient (Wildman–Crippen LogP) is 3.44. The summed E-state index contributed by atoms with van der Waals surface area (Å²) in [5.41, 5.74) is 2.43. The fourth-order valence-electron chi connectivity index (χ4n) is 1.94. The van der Waals surface area contributed by atoms with Crippen LogP contribution in [0.25, 0.3) is 10.9 Å². The van der Waals surface area contributed by atoms with Crippen molar-refractivity contribution in [3.63, 3.8) is 0 Å². The molecule has 0 bridgehead atoms. The van der Waals surface area contributed by atoms with Gasteiger partial charge in [0.15, 0.2) is 0 Å². The predicted molar refractivity (Wildman–Crippen MR) is 74.2 cm³/mol. The molecule has 0 saturated carbocycles. The Bertz CT molecular complexity index is 596. The Morgan fingerprint density at radius 2 is 2.11 bits per heavy atom. The van der Waals surface area contributed by atoms with E-state index in [1.54, 1.807) is 6.92 Å². The molecule has 0 amide bonds. The molecule has 3 nitrogen and oxygen atoms in total. The van der Waals surface area contributed by atoms with Gasteiger partial charge in [0.25, 0.3) is 0 Å². The number of ether oxygens (including phenoxy) is 1. The molecule has 0 N–H and O–H groups in total. The fourth-order valence-corrected chi connectivity index (χ4v) is 2.57. The van der Waals surface area contributed by atoms with Gasteiger partial charge in [0.1, 0.15) is 5.03 Å². The fraction of sp³-hybridized carbons (Fsp3) is 0.286. The van der Waals surface area contributed by atoms with Gasteiger partial charge in [-0.3, -0.25) is 0 Å².